The van der Waals surface area contributed by atoms with Gasteiger partial charge in [-0.3, -0.25) is 4.79 Å². The first-order valence-electron chi connectivity index (χ1n) is 7.05. The summed E-state index contributed by atoms with van der Waals surface area (Å²) in [6, 6.07) is 5.48. The van der Waals surface area contributed by atoms with Crippen molar-refractivity contribution in [1.29, 1.82) is 0 Å². The number of hydrogen-bond acceptors (Lipinski definition) is 2. The molecule has 0 atom stereocenters. The normalized spacial score (nSPS) is 20.1. The number of halogens is 2. The van der Waals surface area contributed by atoms with E-state index in [4.69, 9.17) is 28.3 Å². The number of nitrogens with one attached hydrogen (secondary N) is 1. The average Bonchev–Trinajstić information content (AvgIpc) is 2.42. The Hall–Kier alpha value is -1.46. The van der Waals surface area contributed by atoms with E-state index in [0.29, 0.717) is 16.0 Å². The molecule has 7 heteroatoms. The summed E-state index contributed by atoms with van der Waals surface area (Å²) in [6.45, 7) is 0.199. The van der Waals surface area contributed by atoms with Crippen LogP contribution in [0.3, 0.4) is 0 Å². The van der Waals surface area contributed by atoms with Crippen LogP contribution in [0.15, 0.2) is 18.2 Å². The maximum atomic E-state index is 11.9. The van der Waals surface area contributed by atoms with Crippen LogP contribution < -0.4 is 5.32 Å². The summed E-state index contributed by atoms with van der Waals surface area (Å²) >= 11 is 11.9. The zero-order chi connectivity index (χ0) is 16.3. The highest BCUT2D eigenvalue weighted by atomic mass is 35.5. The minimum absolute atomic E-state index is 0.0551. The third kappa shape index (κ3) is 4.27. The standard InChI is InChI=1S/C15H18Cl2N2O3/c1-19(5-4-14(20)21)15(22)18-11-6-10(7-11)9-2-3-12(16)13(17)8-9/h2-3,8,10-11H,4-7H2,1H3,(H,18,22)(H,20,21). The Bertz CT molecular complexity index is 574. The highest BCUT2D eigenvalue weighted by Gasteiger charge is 2.32. The number of amides is 2. The van der Waals surface area contributed by atoms with Crippen molar-refractivity contribution >= 4 is 35.2 Å². The van der Waals surface area contributed by atoms with Gasteiger partial charge in [-0.15, -0.1) is 0 Å². The summed E-state index contributed by atoms with van der Waals surface area (Å²) in [5.41, 5.74) is 1.12. The van der Waals surface area contributed by atoms with Gasteiger partial charge in [-0.05, 0) is 36.5 Å². The summed E-state index contributed by atoms with van der Waals surface area (Å²) in [7, 11) is 1.59. The number of urea groups is 1. The lowest BCUT2D eigenvalue weighted by molar-refractivity contribution is -0.137. The summed E-state index contributed by atoms with van der Waals surface area (Å²) in [5, 5.41) is 12.6. The Morgan fingerprint density at radius 3 is 2.59 bits per heavy atom. The highest BCUT2D eigenvalue weighted by molar-refractivity contribution is 6.42. The molecule has 1 aliphatic carbocycles. The number of rotatable bonds is 5. The van der Waals surface area contributed by atoms with Gasteiger partial charge in [-0.25, -0.2) is 4.79 Å². The first-order valence-corrected chi connectivity index (χ1v) is 7.80. The third-order valence-corrected chi connectivity index (χ3v) is 4.63. The Morgan fingerprint density at radius 2 is 2.00 bits per heavy atom. The number of carbonyl (C=O) groups excluding carboxylic acids is 1. The van der Waals surface area contributed by atoms with Crippen LogP contribution in [0, 0.1) is 0 Å². The van der Waals surface area contributed by atoms with Gasteiger partial charge in [0, 0.05) is 19.6 Å². The lowest BCUT2D eigenvalue weighted by atomic mass is 9.76. The number of carboxylic acid groups (broad SMARTS) is 1. The molecule has 0 heterocycles. The van der Waals surface area contributed by atoms with E-state index in [1.807, 2.05) is 12.1 Å². The van der Waals surface area contributed by atoms with Crippen LogP contribution in [-0.4, -0.2) is 41.6 Å². The van der Waals surface area contributed by atoms with Gasteiger partial charge in [-0.2, -0.15) is 0 Å². The molecule has 1 aromatic rings. The van der Waals surface area contributed by atoms with Crippen LogP contribution in [0.4, 0.5) is 4.79 Å². The molecular formula is C15H18Cl2N2O3. The van der Waals surface area contributed by atoms with Gasteiger partial charge in [0.15, 0.2) is 0 Å². The Morgan fingerprint density at radius 1 is 1.32 bits per heavy atom. The molecule has 0 aliphatic heterocycles. The molecule has 0 saturated heterocycles. The average molecular weight is 345 g/mol. The third-order valence-electron chi connectivity index (χ3n) is 3.89. The predicted molar refractivity (Wildman–Crippen MR) is 85.6 cm³/mol. The van der Waals surface area contributed by atoms with Crippen LogP contribution in [0.25, 0.3) is 0 Å². The molecule has 22 heavy (non-hydrogen) atoms. The first-order chi connectivity index (χ1) is 10.4. The number of nitrogens with zero attached hydrogens (tertiary/aromatic N) is 1. The molecule has 0 unspecified atom stereocenters. The topological polar surface area (TPSA) is 69.6 Å². The molecule has 0 radical (unpaired) electrons. The molecule has 0 aromatic heterocycles. The molecule has 1 fully saturated rings. The molecule has 0 spiro atoms. The fourth-order valence-electron chi connectivity index (χ4n) is 2.42. The quantitative estimate of drug-likeness (QED) is 0.860. The van der Waals surface area contributed by atoms with Gasteiger partial charge < -0.3 is 15.3 Å². The smallest absolute Gasteiger partial charge is 0.317 e. The van der Waals surface area contributed by atoms with Crippen LogP contribution >= 0.6 is 23.2 Å². The van der Waals surface area contributed by atoms with E-state index in [-0.39, 0.29) is 25.0 Å². The molecule has 2 N–H and O–H groups in total. The van der Waals surface area contributed by atoms with E-state index in [2.05, 4.69) is 5.32 Å². The van der Waals surface area contributed by atoms with Gasteiger partial charge in [0.05, 0.1) is 16.5 Å². The van der Waals surface area contributed by atoms with Crippen LogP contribution in [0.2, 0.25) is 10.0 Å². The minimum atomic E-state index is -0.914. The number of aliphatic carboxylic acids is 1. The Labute approximate surface area is 139 Å². The fraction of sp³-hybridized carbons (Fsp3) is 0.467. The van der Waals surface area contributed by atoms with Crippen molar-refractivity contribution in [2.75, 3.05) is 13.6 Å². The molecule has 1 aliphatic rings. The van der Waals surface area contributed by atoms with E-state index in [0.717, 1.165) is 18.4 Å². The van der Waals surface area contributed by atoms with Crippen molar-refractivity contribution in [2.24, 2.45) is 0 Å². The highest BCUT2D eigenvalue weighted by Crippen LogP contribution is 2.38. The lowest BCUT2D eigenvalue weighted by Gasteiger charge is -2.37. The van der Waals surface area contributed by atoms with Gasteiger partial charge in [-0.1, -0.05) is 29.3 Å². The van der Waals surface area contributed by atoms with Crippen LogP contribution in [0.5, 0.6) is 0 Å². The van der Waals surface area contributed by atoms with E-state index >= 15 is 0 Å². The number of benzene rings is 1. The van der Waals surface area contributed by atoms with E-state index in [1.54, 1.807) is 13.1 Å². The van der Waals surface area contributed by atoms with Crippen molar-refractivity contribution in [1.82, 2.24) is 10.2 Å². The summed E-state index contributed by atoms with van der Waals surface area (Å²) in [4.78, 5) is 23.8. The summed E-state index contributed by atoms with van der Waals surface area (Å²) < 4.78 is 0. The zero-order valence-corrected chi connectivity index (χ0v) is 13.7. The second-order valence-electron chi connectivity index (χ2n) is 5.55. The Kier molecular flexibility index (Phi) is 5.53. The van der Waals surface area contributed by atoms with Crippen LogP contribution in [-0.2, 0) is 4.79 Å². The van der Waals surface area contributed by atoms with Gasteiger partial charge in [0.1, 0.15) is 0 Å². The van der Waals surface area contributed by atoms with Crippen molar-refractivity contribution in [3.05, 3.63) is 33.8 Å². The predicted octanol–water partition coefficient (Wildman–Crippen LogP) is 3.36. The number of carboxylic acids is 1. The van der Waals surface area contributed by atoms with Crippen LogP contribution in [0.1, 0.15) is 30.7 Å². The molecule has 2 rings (SSSR count). The molecule has 0 bridgehead atoms. The lowest BCUT2D eigenvalue weighted by Crippen LogP contribution is -2.48. The second kappa shape index (κ2) is 7.20. The van der Waals surface area contributed by atoms with Gasteiger partial charge >= 0.3 is 12.0 Å². The van der Waals surface area contributed by atoms with E-state index in [9.17, 15) is 9.59 Å². The SMILES string of the molecule is CN(CCC(=O)O)C(=O)NC1CC(c2ccc(Cl)c(Cl)c2)C1. The molecule has 1 aromatic carbocycles. The van der Waals surface area contributed by atoms with Gasteiger partial charge in [0.25, 0.3) is 0 Å². The van der Waals surface area contributed by atoms with E-state index < -0.39 is 5.97 Å². The Balaban J connectivity index is 1.78. The molecular weight excluding hydrogens is 327 g/mol. The van der Waals surface area contributed by atoms with Crippen molar-refractivity contribution in [3.63, 3.8) is 0 Å². The minimum Gasteiger partial charge on any atom is -0.481 e. The molecule has 1 saturated carbocycles. The fourth-order valence-corrected chi connectivity index (χ4v) is 2.73. The zero-order valence-electron chi connectivity index (χ0n) is 12.2. The number of carbonyl (C=O) groups is 2. The number of hydrogen-bond donors (Lipinski definition) is 2. The summed E-state index contributed by atoms with van der Waals surface area (Å²) in [5.74, 6) is -0.549. The molecule has 2 amide bonds. The summed E-state index contributed by atoms with van der Waals surface area (Å²) in [6.07, 6.45) is 1.63. The van der Waals surface area contributed by atoms with Crippen molar-refractivity contribution < 1.29 is 14.7 Å². The second-order valence-corrected chi connectivity index (χ2v) is 6.37. The molecule has 120 valence electrons. The maximum absolute atomic E-state index is 11.9. The van der Waals surface area contributed by atoms with Gasteiger partial charge in [0.2, 0.25) is 0 Å². The van der Waals surface area contributed by atoms with Crippen molar-refractivity contribution in [3.8, 4) is 0 Å². The largest absolute Gasteiger partial charge is 0.481 e. The van der Waals surface area contributed by atoms with E-state index in [1.165, 1.54) is 4.90 Å². The monoisotopic (exact) mass is 344 g/mol. The van der Waals surface area contributed by atoms with Crippen molar-refractivity contribution in [2.45, 2.75) is 31.2 Å². The first kappa shape index (κ1) is 16.9. The maximum Gasteiger partial charge on any atom is 0.317 e. The molecule has 5 nitrogen and oxygen atoms in total.